The van der Waals surface area contributed by atoms with E-state index in [0.29, 0.717) is 5.56 Å². The quantitative estimate of drug-likeness (QED) is 0.507. The summed E-state index contributed by atoms with van der Waals surface area (Å²) in [6.45, 7) is 8.96. The third-order valence-corrected chi connectivity index (χ3v) is 3.50. The molecule has 0 radical (unpaired) electrons. The summed E-state index contributed by atoms with van der Waals surface area (Å²) in [5, 5.41) is 1.40. The minimum Gasteiger partial charge on any atom is -0.459 e. The van der Waals surface area contributed by atoms with Crippen LogP contribution >= 0.6 is 0 Å². The lowest BCUT2D eigenvalue weighted by atomic mass is 9.77. The number of nitrogens with one attached hydrogen (secondary N) is 1. The van der Waals surface area contributed by atoms with Gasteiger partial charge in [-0.25, -0.2) is 0 Å². The number of ether oxygens (including phenoxy) is 1. The highest BCUT2D eigenvalue weighted by Gasteiger charge is 2.46. The van der Waals surface area contributed by atoms with Crippen molar-refractivity contribution in [2.75, 3.05) is 5.32 Å². The predicted molar refractivity (Wildman–Crippen MR) is 84.7 cm³/mol. The molecular formula is C17H22F3NO3. The summed E-state index contributed by atoms with van der Waals surface area (Å²) in [5.41, 5.74) is -2.53. The van der Waals surface area contributed by atoms with Crippen molar-refractivity contribution in [2.45, 2.75) is 58.9 Å². The van der Waals surface area contributed by atoms with Crippen molar-refractivity contribution in [3.63, 3.8) is 0 Å². The van der Waals surface area contributed by atoms with E-state index >= 15 is 0 Å². The number of esters is 1. The minimum atomic E-state index is -4.70. The molecule has 0 aliphatic heterocycles. The summed E-state index contributed by atoms with van der Waals surface area (Å²) < 4.78 is 43.6. The van der Waals surface area contributed by atoms with E-state index in [1.807, 2.05) is 0 Å². The van der Waals surface area contributed by atoms with Gasteiger partial charge in [0.05, 0.1) is 0 Å². The number of anilines is 1. The summed E-state index contributed by atoms with van der Waals surface area (Å²) in [6.07, 6.45) is -4.70. The van der Waals surface area contributed by atoms with E-state index in [1.54, 1.807) is 27.7 Å². The normalized spacial score (nSPS) is 14.7. The highest BCUT2D eigenvalue weighted by molar-refractivity contribution is 6.09. The molecule has 0 aliphatic carbocycles. The third-order valence-electron chi connectivity index (χ3n) is 3.50. The van der Waals surface area contributed by atoms with Crippen molar-refractivity contribution in [3.8, 4) is 0 Å². The molecule has 1 rings (SSSR count). The van der Waals surface area contributed by atoms with Gasteiger partial charge in [-0.3, -0.25) is 14.9 Å². The smallest absolute Gasteiger partial charge is 0.459 e. The number of benzene rings is 1. The Morgan fingerprint density at radius 3 is 2.04 bits per heavy atom. The Morgan fingerprint density at radius 2 is 1.62 bits per heavy atom. The van der Waals surface area contributed by atoms with Gasteiger partial charge in [-0.15, -0.1) is 0 Å². The Hall–Kier alpha value is -2.05. The van der Waals surface area contributed by atoms with Crippen LogP contribution in [0, 0.1) is 6.92 Å². The number of Topliss-reactive ketones (excluding diaryl/α,β-unsaturated/α-hetero) is 1. The second-order valence-corrected chi connectivity index (χ2v) is 6.85. The molecule has 1 N–H and O–H groups in total. The monoisotopic (exact) mass is 345 g/mol. The maximum Gasteiger partial charge on any atom is 0.482 e. The molecule has 0 saturated heterocycles. The van der Waals surface area contributed by atoms with Crippen molar-refractivity contribution in [1.82, 2.24) is 0 Å². The second kappa shape index (κ2) is 6.45. The molecule has 0 bridgehead atoms. The topological polar surface area (TPSA) is 55.4 Å². The van der Waals surface area contributed by atoms with Crippen LogP contribution in [0.4, 0.5) is 18.9 Å². The van der Waals surface area contributed by atoms with Gasteiger partial charge in [0.15, 0.2) is 5.78 Å². The van der Waals surface area contributed by atoms with Gasteiger partial charge >= 0.3 is 12.3 Å². The Bertz CT molecular complexity index is 647. The lowest BCUT2D eigenvalue weighted by molar-refractivity contribution is -0.163. The molecule has 0 saturated carbocycles. The number of halogens is 3. The zero-order valence-corrected chi connectivity index (χ0v) is 14.6. The van der Waals surface area contributed by atoms with Gasteiger partial charge in [0.1, 0.15) is 11.0 Å². The Labute approximate surface area is 139 Å². The first-order valence-electron chi connectivity index (χ1n) is 7.37. The van der Waals surface area contributed by atoms with Crippen LogP contribution in [0.5, 0.6) is 0 Å². The Balaban J connectivity index is 3.53. The van der Waals surface area contributed by atoms with Crippen LogP contribution in [0.15, 0.2) is 18.2 Å². The summed E-state index contributed by atoms with van der Waals surface area (Å²) >= 11 is 0. The molecule has 1 aromatic carbocycles. The lowest BCUT2D eigenvalue weighted by Crippen LogP contribution is -2.44. The number of carbonyl (C=O) groups excluding carboxylic acids is 2. The van der Waals surface area contributed by atoms with Crippen molar-refractivity contribution >= 4 is 17.4 Å². The van der Waals surface area contributed by atoms with E-state index in [0.717, 1.165) is 6.92 Å². The van der Waals surface area contributed by atoms with Gasteiger partial charge in [-0.2, -0.15) is 13.2 Å². The van der Waals surface area contributed by atoms with Gasteiger partial charge in [-0.05, 0) is 47.6 Å². The van der Waals surface area contributed by atoms with Crippen LogP contribution < -0.4 is 5.32 Å². The SMILES string of the molecule is CC(=O)[C@](C)(C(=O)OC(C)(C)C)c1cc(C)ccc1NC(F)(F)F. The molecule has 0 spiro atoms. The zero-order valence-electron chi connectivity index (χ0n) is 14.6. The van der Waals surface area contributed by atoms with E-state index in [4.69, 9.17) is 4.74 Å². The standard InChI is InChI=1S/C17H22F3NO3/c1-10-7-8-13(21-17(18,19)20)12(9-10)16(6,11(2)22)14(23)24-15(3,4)5/h7-9,21H,1-6H3/t16-/m0/s1. The van der Waals surface area contributed by atoms with Gasteiger partial charge in [0.25, 0.3) is 0 Å². The zero-order chi connectivity index (χ0) is 18.9. The highest BCUT2D eigenvalue weighted by atomic mass is 19.4. The summed E-state index contributed by atoms with van der Waals surface area (Å²) in [7, 11) is 0. The van der Waals surface area contributed by atoms with Gasteiger partial charge in [0.2, 0.25) is 0 Å². The molecule has 7 heteroatoms. The fourth-order valence-corrected chi connectivity index (χ4v) is 2.16. The van der Waals surface area contributed by atoms with E-state index < -0.39 is 29.1 Å². The molecule has 134 valence electrons. The van der Waals surface area contributed by atoms with Crippen LogP contribution in [-0.2, 0) is 19.7 Å². The lowest BCUT2D eigenvalue weighted by Gasteiger charge is -2.31. The Morgan fingerprint density at radius 1 is 1.08 bits per heavy atom. The van der Waals surface area contributed by atoms with Crippen molar-refractivity contribution in [1.29, 1.82) is 0 Å². The molecule has 4 nitrogen and oxygen atoms in total. The van der Waals surface area contributed by atoms with Crippen molar-refractivity contribution < 1.29 is 27.5 Å². The summed E-state index contributed by atoms with van der Waals surface area (Å²) in [6, 6.07) is 4.05. The third kappa shape index (κ3) is 4.72. The van der Waals surface area contributed by atoms with Gasteiger partial charge in [0, 0.05) is 11.3 Å². The molecule has 1 atom stereocenters. The minimum absolute atomic E-state index is 0.0680. The number of carbonyl (C=O) groups is 2. The van der Waals surface area contributed by atoms with Gasteiger partial charge in [-0.1, -0.05) is 17.7 Å². The number of hydrogen-bond acceptors (Lipinski definition) is 4. The van der Waals surface area contributed by atoms with Crippen LogP contribution in [0.25, 0.3) is 0 Å². The second-order valence-electron chi connectivity index (χ2n) is 6.85. The molecule has 0 unspecified atom stereocenters. The molecule has 0 aromatic heterocycles. The molecule has 24 heavy (non-hydrogen) atoms. The number of rotatable bonds is 4. The van der Waals surface area contributed by atoms with Gasteiger partial charge < -0.3 is 4.74 Å². The number of ketones is 1. The molecule has 1 aromatic rings. The maximum atomic E-state index is 12.8. The van der Waals surface area contributed by atoms with Crippen LogP contribution in [-0.4, -0.2) is 23.7 Å². The molecule has 0 heterocycles. The summed E-state index contributed by atoms with van der Waals surface area (Å²) in [5.74, 6) is -1.49. The van der Waals surface area contributed by atoms with Crippen molar-refractivity contribution in [3.05, 3.63) is 29.3 Å². The molecule has 0 amide bonds. The molecular weight excluding hydrogens is 323 g/mol. The summed E-state index contributed by atoms with van der Waals surface area (Å²) in [4.78, 5) is 24.8. The molecule has 0 aliphatic rings. The van der Waals surface area contributed by atoms with E-state index in [-0.39, 0.29) is 11.3 Å². The first-order valence-corrected chi connectivity index (χ1v) is 7.37. The fourth-order valence-electron chi connectivity index (χ4n) is 2.16. The van der Waals surface area contributed by atoms with Crippen LogP contribution in [0.2, 0.25) is 0 Å². The fraction of sp³-hybridized carbons (Fsp3) is 0.529. The van der Waals surface area contributed by atoms with E-state index in [2.05, 4.69) is 0 Å². The van der Waals surface area contributed by atoms with E-state index in [1.165, 1.54) is 30.4 Å². The predicted octanol–water partition coefficient (Wildman–Crippen LogP) is 4.12. The maximum absolute atomic E-state index is 12.8. The average molecular weight is 345 g/mol. The first kappa shape index (κ1) is 20.0. The molecule has 0 fully saturated rings. The highest BCUT2D eigenvalue weighted by Crippen LogP contribution is 2.36. The van der Waals surface area contributed by atoms with Crippen LogP contribution in [0.3, 0.4) is 0 Å². The van der Waals surface area contributed by atoms with Crippen molar-refractivity contribution in [2.24, 2.45) is 0 Å². The largest absolute Gasteiger partial charge is 0.482 e. The number of aryl methyl sites for hydroxylation is 1. The Kier molecular flexibility index (Phi) is 5.38. The van der Waals surface area contributed by atoms with E-state index in [9.17, 15) is 22.8 Å². The average Bonchev–Trinajstić information content (AvgIpc) is 2.36. The first-order chi connectivity index (χ1) is 10.7. The van der Waals surface area contributed by atoms with Crippen LogP contribution in [0.1, 0.15) is 45.7 Å². The number of alkyl halides is 3. The number of hydrogen-bond donors (Lipinski definition) is 1.